The predicted octanol–water partition coefficient (Wildman–Crippen LogP) is 2.67. The molecule has 0 atom stereocenters. The zero-order valence-electron chi connectivity index (χ0n) is 19.3. The van der Waals surface area contributed by atoms with Crippen LogP contribution in [0.3, 0.4) is 0 Å². The molecule has 1 N–H and O–H groups in total. The van der Waals surface area contributed by atoms with E-state index in [0.717, 1.165) is 11.8 Å². The van der Waals surface area contributed by atoms with E-state index >= 15 is 0 Å². The molecule has 1 spiro atoms. The number of likely N-dealkylation sites (N-methyl/N-ethyl adjacent to an activating group) is 1. The lowest BCUT2D eigenvalue weighted by atomic mass is 9.85. The van der Waals surface area contributed by atoms with E-state index < -0.39 is 10.5 Å². The van der Waals surface area contributed by atoms with Crippen molar-refractivity contribution < 1.29 is 19.3 Å². The van der Waals surface area contributed by atoms with Crippen LogP contribution in [0.5, 0.6) is 0 Å². The molecule has 0 radical (unpaired) electrons. The highest BCUT2D eigenvalue weighted by Crippen LogP contribution is 2.40. The highest BCUT2D eigenvalue weighted by Gasteiger charge is 2.54. The summed E-state index contributed by atoms with van der Waals surface area (Å²) in [5.74, 6) is -0.685. The molecule has 2 fully saturated rings. The topological polar surface area (TPSA) is 116 Å². The molecule has 11 heteroatoms. The predicted molar refractivity (Wildman–Crippen MR) is 130 cm³/mol. The van der Waals surface area contributed by atoms with E-state index in [0.29, 0.717) is 32.5 Å². The number of carbonyl (C=O) groups excluding carboxylic acids is 3. The van der Waals surface area contributed by atoms with Crippen LogP contribution in [0.15, 0.2) is 48.5 Å². The van der Waals surface area contributed by atoms with Crippen molar-refractivity contribution in [3.63, 3.8) is 0 Å². The van der Waals surface area contributed by atoms with Crippen LogP contribution in [0.2, 0.25) is 5.02 Å². The van der Waals surface area contributed by atoms with E-state index in [1.165, 1.54) is 12.1 Å². The van der Waals surface area contributed by atoms with E-state index in [1.807, 2.05) is 42.2 Å². The second kappa shape index (κ2) is 9.91. The Bertz CT molecular complexity index is 1150. The summed E-state index contributed by atoms with van der Waals surface area (Å²) >= 11 is 6.17. The first-order valence-electron chi connectivity index (χ1n) is 11.4. The number of nitro benzene ring substituents is 1. The number of nitro groups is 1. The lowest BCUT2D eigenvalue weighted by molar-refractivity contribution is -0.384. The fourth-order valence-corrected chi connectivity index (χ4v) is 5.05. The van der Waals surface area contributed by atoms with Crippen molar-refractivity contribution in [3.05, 3.63) is 69.2 Å². The number of carbonyl (C=O) groups is 3. The average molecular weight is 500 g/mol. The van der Waals surface area contributed by atoms with Crippen molar-refractivity contribution >= 4 is 40.7 Å². The number of hydrogen-bond acceptors (Lipinski definition) is 6. The molecular weight excluding hydrogens is 474 g/mol. The summed E-state index contributed by atoms with van der Waals surface area (Å²) in [7, 11) is 0. The molecule has 2 aromatic carbocycles. The number of nitrogens with zero attached hydrogens (tertiary/aromatic N) is 4. The van der Waals surface area contributed by atoms with Crippen molar-refractivity contribution in [1.82, 2.24) is 15.1 Å². The number of para-hydroxylation sites is 1. The Morgan fingerprint density at radius 3 is 2.43 bits per heavy atom. The maximum Gasteiger partial charge on any atom is 0.270 e. The van der Waals surface area contributed by atoms with E-state index in [2.05, 4.69) is 5.32 Å². The molecular formula is C24H26ClN5O5. The lowest BCUT2D eigenvalue weighted by Gasteiger charge is -2.43. The van der Waals surface area contributed by atoms with Crippen LogP contribution in [0, 0.1) is 10.1 Å². The number of hydrogen-bond donors (Lipinski definition) is 1. The molecule has 2 heterocycles. The molecule has 2 aromatic rings. The molecule has 0 aliphatic carbocycles. The Morgan fingerprint density at radius 2 is 1.83 bits per heavy atom. The van der Waals surface area contributed by atoms with E-state index in [9.17, 15) is 24.5 Å². The molecule has 10 nitrogen and oxygen atoms in total. The SMILES string of the molecule is CCNC(=O)CN1CN(c2ccccc2)C2(CCN(C(=O)c3ccc([N+](=O)[O-])cc3Cl)CC2)C1=O. The fourth-order valence-electron chi connectivity index (χ4n) is 4.79. The number of benzene rings is 2. The van der Waals surface area contributed by atoms with E-state index in [4.69, 9.17) is 11.6 Å². The summed E-state index contributed by atoms with van der Waals surface area (Å²) in [5.41, 5.74) is -0.00300. The molecule has 3 amide bonds. The molecule has 184 valence electrons. The van der Waals surface area contributed by atoms with Crippen molar-refractivity contribution in [2.75, 3.05) is 37.7 Å². The first-order chi connectivity index (χ1) is 16.8. The molecule has 0 aromatic heterocycles. The maximum absolute atomic E-state index is 13.6. The third kappa shape index (κ3) is 4.66. The lowest BCUT2D eigenvalue weighted by Crippen LogP contribution is -2.57. The van der Waals surface area contributed by atoms with Crippen LogP contribution >= 0.6 is 11.6 Å². The third-order valence-electron chi connectivity index (χ3n) is 6.56. The van der Waals surface area contributed by atoms with Gasteiger partial charge in [0.1, 0.15) is 12.1 Å². The van der Waals surface area contributed by atoms with Crippen LogP contribution in [0.25, 0.3) is 0 Å². The maximum atomic E-state index is 13.6. The average Bonchev–Trinajstić information content (AvgIpc) is 3.10. The molecule has 0 saturated carbocycles. The standard InChI is InChI=1S/C24H26ClN5O5/c1-2-26-21(31)15-28-16-29(17-6-4-3-5-7-17)24(23(28)33)10-12-27(13-11-24)22(32)19-9-8-18(30(34)35)14-20(19)25/h3-9,14H,2,10-13,15-16H2,1H3,(H,26,31). The molecule has 2 aliphatic rings. The monoisotopic (exact) mass is 499 g/mol. The van der Waals surface area contributed by atoms with Gasteiger partial charge < -0.3 is 20.0 Å². The normalized spacial score (nSPS) is 17.1. The molecule has 0 unspecified atom stereocenters. The van der Waals surface area contributed by atoms with Crippen molar-refractivity contribution in [1.29, 1.82) is 0 Å². The summed E-state index contributed by atoms with van der Waals surface area (Å²) in [6, 6.07) is 13.3. The quantitative estimate of drug-likeness (QED) is 0.482. The van der Waals surface area contributed by atoms with Gasteiger partial charge in [-0.15, -0.1) is 0 Å². The third-order valence-corrected chi connectivity index (χ3v) is 6.87. The van der Waals surface area contributed by atoms with Crippen molar-refractivity contribution in [2.45, 2.75) is 25.3 Å². The van der Waals surface area contributed by atoms with E-state index in [1.54, 1.807) is 9.80 Å². The van der Waals surface area contributed by atoms with Crippen LogP contribution in [0.1, 0.15) is 30.1 Å². The minimum Gasteiger partial charge on any atom is -0.355 e. The fraction of sp³-hybridized carbons (Fsp3) is 0.375. The van der Waals surface area contributed by atoms with Gasteiger partial charge in [-0.05, 0) is 38.0 Å². The Hall–Kier alpha value is -3.66. The van der Waals surface area contributed by atoms with Crippen LogP contribution in [-0.2, 0) is 9.59 Å². The highest BCUT2D eigenvalue weighted by molar-refractivity contribution is 6.34. The van der Waals surface area contributed by atoms with Gasteiger partial charge in [0.2, 0.25) is 5.91 Å². The molecule has 4 rings (SSSR count). The molecule has 2 aliphatic heterocycles. The number of rotatable bonds is 6. The number of halogens is 1. The Labute approximate surface area is 207 Å². The Morgan fingerprint density at radius 1 is 1.14 bits per heavy atom. The number of likely N-dealkylation sites (tertiary alicyclic amines) is 1. The zero-order chi connectivity index (χ0) is 25.2. The van der Waals surface area contributed by atoms with Crippen molar-refractivity contribution in [2.24, 2.45) is 0 Å². The van der Waals surface area contributed by atoms with Gasteiger partial charge in [-0.2, -0.15) is 0 Å². The van der Waals surface area contributed by atoms with Crippen LogP contribution < -0.4 is 10.2 Å². The van der Waals surface area contributed by atoms with Gasteiger partial charge in [-0.1, -0.05) is 29.8 Å². The summed E-state index contributed by atoms with van der Waals surface area (Å²) in [6.07, 6.45) is 0.756. The molecule has 2 saturated heterocycles. The number of piperidine rings is 1. The number of nitrogens with one attached hydrogen (secondary N) is 1. The molecule has 0 bridgehead atoms. The number of anilines is 1. The summed E-state index contributed by atoms with van der Waals surface area (Å²) in [5, 5.41) is 13.7. The zero-order valence-corrected chi connectivity index (χ0v) is 20.0. The summed E-state index contributed by atoms with van der Waals surface area (Å²) < 4.78 is 0. The van der Waals surface area contributed by atoms with Gasteiger partial charge in [0.25, 0.3) is 17.5 Å². The first-order valence-corrected chi connectivity index (χ1v) is 11.8. The second-order valence-electron chi connectivity index (χ2n) is 8.61. The van der Waals surface area contributed by atoms with Crippen LogP contribution in [0.4, 0.5) is 11.4 Å². The van der Waals surface area contributed by atoms with Gasteiger partial charge in [0, 0.05) is 37.5 Å². The minimum absolute atomic E-state index is 0.0143. The first kappa shape index (κ1) is 24.5. The van der Waals surface area contributed by atoms with Crippen molar-refractivity contribution in [3.8, 4) is 0 Å². The van der Waals surface area contributed by atoms with Gasteiger partial charge in [-0.25, -0.2) is 0 Å². The largest absolute Gasteiger partial charge is 0.355 e. The summed E-state index contributed by atoms with van der Waals surface area (Å²) in [6.45, 7) is 3.16. The molecule has 35 heavy (non-hydrogen) atoms. The van der Waals surface area contributed by atoms with Gasteiger partial charge in [0.15, 0.2) is 0 Å². The highest BCUT2D eigenvalue weighted by atomic mass is 35.5. The minimum atomic E-state index is -0.871. The Kier molecular flexibility index (Phi) is 6.93. The van der Waals surface area contributed by atoms with Gasteiger partial charge >= 0.3 is 0 Å². The van der Waals surface area contributed by atoms with Gasteiger partial charge in [-0.3, -0.25) is 24.5 Å². The number of non-ortho nitro benzene ring substituents is 1. The van der Waals surface area contributed by atoms with E-state index in [-0.39, 0.29) is 47.2 Å². The Balaban J connectivity index is 1.55. The van der Waals surface area contributed by atoms with Gasteiger partial charge in [0.05, 0.1) is 22.2 Å². The second-order valence-corrected chi connectivity index (χ2v) is 9.01. The summed E-state index contributed by atoms with van der Waals surface area (Å²) in [4.78, 5) is 54.6. The smallest absolute Gasteiger partial charge is 0.270 e. The van der Waals surface area contributed by atoms with Crippen LogP contribution in [-0.4, -0.2) is 70.8 Å². The number of amides is 3.